The van der Waals surface area contributed by atoms with E-state index in [2.05, 4.69) is 22.5 Å². The minimum atomic E-state index is -0.0912. The molecule has 3 fully saturated rings. The van der Waals surface area contributed by atoms with Crippen molar-refractivity contribution < 1.29 is 9.53 Å². The standard InChI is InChI=1S/C24H36ClN3O2.ClH/c1-3-11-26-21-14-22(30-2)19(13-20(21)25)24(29)27-18-10-12-28(15-18)23-16-6-4-7-17(23)9-5-8-16;/h13-14,16-18,23,26H,3-12,15H2,1-2H3,(H,27,29);1H/t16?,17?,18-,23?;/m0./s1. The lowest BCUT2D eigenvalue weighted by Gasteiger charge is -2.47. The van der Waals surface area contributed by atoms with Crippen LogP contribution in [0, 0.1) is 11.8 Å². The molecule has 1 aliphatic heterocycles. The molecule has 31 heavy (non-hydrogen) atoms. The first kappa shape index (κ1) is 24.5. The van der Waals surface area contributed by atoms with Gasteiger partial charge < -0.3 is 15.4 Å². The number of nitrogens with one attached hydrogen (secondary N) is 2. The molecule has 2 saturated carbocycles. The first-order chi connectivity index (χ1) is 14.6. The molecule has 1 saturated heterocycles. The summed E-state index contributed by atoms with van der Waals surface area (Å²) in [4.78, 5) is 15.7. The van der Waals surface area contributed by atoms with Gasteiger partial charge in [0.15, 0.2) is 0 Å². The summed E-state index contributed by atoms with van der Waals surface area (Å²) in [6, 6.07) is 4.49. The van der Waals surface area contributed by atoms with E-state index in [9.17, 15) is 4.79 Å². The average Bonchev–Trinajstić information content (AvgIpc) is 3.20. The smallest absolute Gasteiger partial charge is 0.255 e. The van der Waals surface area contributed by atoms with Crippen molar-refractivity contribution in [1.82, 2.24) is 10.2 Å². The molecule has 2 N–H and O–H groups in total. The highest BCUT2D eigenvalue weighted by molar-refractivity contribution is 6.33. The van der Waals surface area contributed by atoms with Crippen LogP contribution in [0.25, 0.3) is 0 Å². The molecular weight excluding hydrogens is 433 g/mol. The van der Waals surface area contributed by atoms with Crippen molar-refractivity contribution >= 4 is 35.6 Å². The minimum Gasteiger partial charge on any atom is -0.496 e. The van der Waals surface area contributed by atoms with Crippen molar-refractivity contribution in [3.05, 3.63) is 22.7 Å². The molecule has 3 aliphatic rings. The van der Waals surface area contributed by atoms with Gasteiger partial charge in [0.2, 0.25) is 0 Å². The van der Waals surface area contributed by atoms with E-state index in [0.29, 0.717) is 16.3 Å². The second kappa shape index (κ2) is 11.1. The molecule has 0 unspecified atom stereocenters. The van der Waals surface area contributed by atoms with Crippen molar-refractivity contribution in [3.8, 4) is 5.75 Å². The molecular formula is C24H37Cl2N3O2. The summed E-state index contributed by atoms with van der Waals surface area (Å²) >= 11 is 6.43. The summed E-state index contributed by atoms with van der Waals surface area (Å²) in [6.07, 6.45) is 10.4. The first-order valence-electron chi connectivity index (χ1n) is 11.8. The maximum atomic E-state index is 13.0. The van der Waals surface area contributed by atoms with E-state index in [4.69, 9.17) is 16.3 Å². The van der Waals surface area contributed by atoms with Crippen molar-refractivity contribution in [3.63, 3.8) is 0 Å². The minimum absolute atomic E-state index is 0. The van der Waals surface area contributed by atoms with Gasteiger partial charge in [-0.05, 0) is 56.4 Å². The number of benzene rings is 1. The van der Waals surface area contributed by atoms with Gasteiger partial charge in [0, 0.05) is 37.8 Å². The zero-order valence-corrected chi connectivity index (χ0v) is 20.4. The lowest BCUT2D eigenvalue weighted by atomic mass is 9.68. The number of ether oxygens (including phenoxy) is 1. The zero-order valence-electron chi connectivity index (χ0n) is 18.8. The van der Waals surface area contributed by atoms with E-state index < -0.39 is 0 Å². The van der Waals surface area contributed by atoms with Crippen LogP contribution in [0.5, 0.6) is 5.75 Å². The number of hydrogen-bond donors (Lipinski definition) is 2. The summed E-state index contributed by atoms with van der Waals surface area (Å²) in [6.45, 7) is 5.00. The molecule has 174 valence electrons. The van der Waals surface area contributed by atoms with Crippen molar-refractivity contribution in [2.75, 3.05) is 32.1 Å². The van der Waals surface area contributed by atoms with Gasteiger partial charge >= 0.3 is 0 Å². The number of amides is 1. The summed E-state index contributed by atoms with van der Waals surface area (Å²) in [5.74, 6) is 2.21. The first-order valence-corrected chi connectivity index (χ1v) is 12.1. The third-order valence-corrected chi connectivity index (χ3v) is 7.65. The number of carbonyl (C=O) groups excluding carboxylic acids is 1. The number of anilines is 1. The second-order valence-corrected chi connectivity index (χ2v) is 9.69. The molecule has 0 aromatic heterocycles. The summed E-state index contributed by atoms with van der Waals surface area (Å²) in [5, 5.41) is 7.10. The summed E-state index contributed by atoms with van der Waals surface area (Å²) in [7, 11) is 1.60. The number of methoxy groups -OCH3 is 1. The average molecular weight is 470 g/mol. The molecule has 1 heterocycles. The molecule has 4 rings (SSSR count). The van der Waals surface area contributed by atoms with Gasteiger partial charge in [-0.25, -0.2) is 0 Å². The number of rotatable bonds is 7. The van der Waals surface area contributed by atoms with E-state index in [1.165, 1.54) is 38.5 Å². The quantitative estimate of drug-likeness (QED) is 0.563. The van der Waals surface area contributed by atoms with Crippen molar-refractivity contribution in [2.24, 2.45) is 11.8 Å². The topological polar surface area (TPSA) is 53.6 Å². The molecule has 7 heteroatoms. The molecule has 1 amide bonds. The Bertz CT molecular complexity index is 739. The number of halogens is 2. The van der Waals surface area contributed by atoms with Crippen LogP contribution >= 0.6 is 24.0 Å². The van der Waals surface area contributed by atoms with Crippen LogP contribution in [0.1, 0.15) is 68.6 Å². The Balaban J connectivity index is 0.00000272. The third-order valence-electron chi connectivity index (χ3n) is 7.34. The van der Waals surface area contributed by atoms with Gasteiger partial charge in [0.1, 0.15) is 5.75 Å². The highest BCUT2D eigenvalue weighted by Crippen LogP contribution is 2.43. The summed E-state index contributed by atoms with van der Waals surface area (Å²) < 4.78 is 5.50. The summed E-state index contributed by atoms with van der Waals surface area (Å²) in [5.41, 5.74) is 1.32. The van der Waals surface area contributed by atoms with Crippen LogP contribution in [0.4, 0.5) is 5.69 Å². The number of fused-ring (bicyclic) bond motifs is 2. The number of carbonyl (C=O) groups is 1. The molecule has 2 bridgehead atoms. The highest BCUT2D eigenvalue weighted by Gasteiger charge is 2.42. The Morgan fingerprint density at radius 2 is 1.84 bits per heavy atom. The monoisotopic (exact) mass is 469 g/mol. The predicted octanol–water partition coefficient (Wildman–Crippen LogP) is 5.37. The number of hydrogen-bond acceptors (Lipinski definition) is 4. The van der Waals surface area contributed by atoms with Crippen LogP contribution in [-0.4, -0.2) is 49.6 Å². The molecule has 0 radical (unpaired) electrons. The Morgan fingerprint density at radius 1 is 1.16 bits per heavy atom. The van der Waals surface area contributed by atoms with Crippen molar-refractivity contribution in [1.29, 1.82) is 0 Å². The molecule has 2 aliphatic carbocycles. The van der Waals surface area contributed by atoms with Crippen molar-refractivity contribution in [2.45, 2.75) is 70.4 Å². The largest absolute Gasteiger partial charge is 0.496 e. The van der Waals surface area contributed by atoms with Gasteiger partial charge in [-0.15, -0.1) is 12.4 Å². The van der Waals surface area contributed by atoms with Crippen LogP contribution in [0.2, 0.25) is 5.02 Å². The molecule has 1 atom stereocenters. The Morgan fingerprint density at radius 3 is 2.45 bits per heavy atom. The van der Waals surface area contributed by atoms with Crippen LogP contribution in [0.15, 0.2) is 12.1 Å². The maximum absolute atomic E-state index is 13.0. The number of nitrogens with zero attached hydrogens (tertiary/aromatic N) is 1. The van der Waals surface area contributed by atoms with Gasteiger partial charge in [-0.1, -0.05) is 31.4 Å². The Labute approximate surface area is 198 Å². The fourth-order valence-corrected chi connectivity index (χ4v) is 6.20. The SMILES string of the molecule is CCCNc1cc(OC)c(C(=O)N[C@H]2CCN(C3C4CCCC3CCC4)C2)cc1Cl.Cl. The lowest BCUT2D eigenvalue weighted by Crippen LogP contribution is -2.50. The van der Waals surface area contributed by atoms with E-state index in [-0.39, 0.29) is 24.4 Å². The zero-order chi connectivity index (χ0) is 21.1. The number of likely N-dealkylation sites (tertiary alicyclic amines) is 1. The Hall–Kier alpha value is -1.17. The molecule has 0 spiro atoms. The van der Waals surface area contributed by atoms with Gasteiger partial charge in [0.05, 0.1) is 23.4 Å². The fraction of sp³-hybridized carbons (Fsp3) is 0.708. The highest BCUT2D eigenvalue weighted by atomic mass is 35.5. The predicted molar refractivity (Wildman–Crippen MR) is 130 cm³/mol. The maximum Gasteiger partial charge on any atom is 0.255 e. The van der Waals surface area contributed by atoms with E-state index in [1.807, 2.05) is 6.07 Å². The van der Waals surface area contributed by atoms with Gasteiger partial charge in [-0.2, -0.15) is 0 Å². The normalized spacial score (nSPS) is 28.0. The van der Waals surface area contributed by atoms with E-state index >= 15 is 0 Å². The fourth-order valence-electron chi connectivity index (χ4n) is 5.97. The molecule has 1 aromatic rings. The van der Waals surface area contributed by atoms with Crippen LogP contribution in [-0.2, 0) is 0 Å². The Kier molecular flexibility index (Phi) is 8.77. The lowest BCUT2D eigenvalue weighted by molar-refractivity contribution is 0.0346. The van der Waals surface area contributed by atoms with E-state index in [1.54, 1.807) is 13.2 Å². The molecule has 1 aromatic carbocycles. The van der Waals surface area contributed by atoms with Gasteiger partial charge in [0.25, 0.3) is 5.91 Å². The van der Waals surface area contributed by atoms with E-state index in [0.717, 1.165) is 56.0 Å². The van der Waals surface area contributed by atoms with Crippen LogP contribution in [0.3, 0.4) is 0 Å². The molecule has 5 nitrogen and oxygen atoms in total. The third kappa shape index (κ3) is 5.43. The van der Waals surface area contributed by atoms with Gasteiger partial charge in [-0.3, -0.25) is 9.69 Å². The second-order valence-electron chi connectivity index (χ2n) is 9.29. The van der Waals surface area contributed by atoms with Crippen LogP contribution < -0.4 is 15.4 Å².